The van der Waals surface area contributed by atoms with E-state index < -0.39 is 0 Å². The summed E-state index contributed by atoms with van der Waals surface area (Å²) in [5.74, 6) is 0.723. The van der Waals surface area contributed by atoms with Crippen molar-refractivity contribution >= 4 is 5.96 Å². The molecule has 0 radical (unpaired) electrons. The number of methoxy groups -OCH3 is 1. The number of nitrogens with one attached hydrogen (secondary N) is 1. The van der Waals surface area contributed by atoms with Crippen LogP contribution in [0.1, 0.15) is 30.4 Å². The molecule has 6 heteroatoms. The summed E-state index contributed by atoms with van der Waals surface area (Å²) in [6.45, 7) is 5.79. The maximum Gasteiger partial charge on any atom is 0.193 e. The summed E-state index contributed by atoms with van der Waals surface area (Å²) in [5.41, 5.74) is 1.72. The zero-order valence-electron chi connectivity index (χ0n) is 15.6. The highest BCUT2D eigenvalue weighted by atomic mass is 19.1. The van der Waals surface area contributed by atoms with Crippen molar-refractivity contribution in [2.45, 2.75) is 38.8 Å². The van der Waals surface area contributed by atoms with Crippen molar-refractivity contribution in [3.8, 4) is 0 Å². The average molecular weight is 351 g/mol. The van der Waals surface area contributed by atoms with Gasteiger partial charge in [0.25, 0.3) is 0 Å². The lowest BCUT2D eigenvalue weighted by Crippen LogP contribution is -2.46. The number of hydrogen-bond donors (Lipinski definition) is 1. The third-order valence-corrected chi connectivity index (χ3v) is 4.47. The Bertz CT molecular complexity index is 558. The quantitative estimate of drug-likeness (QED) is 0.466. The van der Waals surface area contributed by atoms with E-state index in [1.165, 1.54) is 6.07 Å². The summed E-state index contributed by atoms with van der Waals surface area (Å²) in [4.78, 5) is 6.63. The minimum absolute atomic E-state index is 0.166. The number of likely N-dealkylation sites (tertiary alicyclic amines) is 1. The summed E-state index contributed by atoms with van der Waals surface area (Å²) >= 11 is 0. The van der Waals surface area contributed by atoms with Gasteiger partial charge in [-0.15, -0.1) is 0 Å². The molecule has 1 aromatic rings. The molecule has 1 heterocycles. The van der Waals surface area contributed by atoms with Gasteiger partial charge in [-0.2, -0.15) is 0 Å². The van der Waals surface area contributed by atoms with Gasteiger partial charge in [-0.3, -0.25) is 4.99 Å². The van der Waals surface area contributed by atoms with E-state index >= 15 is 0 Å². The lowest BCUT2D eigenvalue weighted by molar-refractivity contribution is 0.00989. The van der Waals surface area contributed by atoms with E-state index in [2.05, 4.69) is 15.2 Å². The first-order valence-corrected chi connectivity index (χ1v) is 8.95. The number of aliphatic imine (C=N–C) groups is 1. The van der Waals surface area contributed by atoms with E-state index in [1.807, 2.05) is 12.1 Å². The number of rotatable bonds is 7. The predicted octanol–water partition coefficient (Wildman–Crippen LogP) is 2.73. The van der Waals surface area contributed by atoms with Crippen LogP contribution in [0.25, 0.3) is 0 Å². The third kappa shape index (κ3) is 6.29. The predicted molar refractivity (Wildman–Crippen MR) is 98.4 cm³/mol. The monoisotopic (exact) mass is 351 g/mol. The summed E-state index contributed by atoms with van der Waals surface area (Å²) in [7, 11) is 3.51. The Morgan fingerprint density at radius 2 is 2.08 bits per heavy atom. The van der Waals surface area contributed by atoms with Gasteiger partial charge < -0.3 is 19.7 Å². The molecular formula is C19H30FN3O2. The summed E-state index contributed by atoms with van der Waals surface area (Å²) < 4.78 is 24.3. The Labute approximate surface area is 150 Å². The second kappa shape index (κ2) is 10.4. The highest BCUT2D eigenvalue weighted by molar-refractivity contribution is 5.79. The Morgan fingerprint density at radius 1 is 1.32 bits per heavy atom. The van der Waals surface area contributed by atoms with Crippen LogP contribution < -0.4 is 5.32 Å². The molecule has 1 N–H and O–H groups in total. The van der Waals surface area contributed by atoms with Gasteiger partial charge in [-0.25, -0.2) is 4.39 Å². The van der Waals surface area contributed by atoms with E-state index in [9.17, 15) is 4.39 Å². The number of halogens is 1. The van der Waals surface area contributed by atoms with Gasteiger partial charge >= 0.3 is 0 Å². The van der Waals surface area contributed by atoms with Gasteiger partial charge in [0.2, 0.25) is 0 Å². The smallest absolute Gasteiger partial charge is 0.193 e. The zero-order valence-corrected chi connectivity index (χ0v) is 15.6. The molecule has 0 saturated carbocycles. The molecule has 25 heavy (non-hydrogen) atoms. The lowest BCUT2D eigenvalue weighted by Gasteiger charge is -2.34. The van der Waals surface area contributed by atoms with Crippen molar-refractivity contribution in [1.29, 1.82) is 0 Å². The van der Waals surface area contributed by atoms with E-state index in [0.29, 0.717) is 18.2 Å². The molecule has 1 aliphatic rings. The molecule has 5 nitrogen and oxygen atoms in total. The number of piperidine rings is 1. The van der Waals surface area contributed by atoms with Gasteiger partial charge in [-0.1, -0.05) is 12.1 Å². The van der Waals surface area contributed by atoms with E-state index in [1.54, 1.807) is 21.1 Å². The SMILES string of the molecule is CN=C(NCc1ccc(F)c(C)c1)N1CCC(OCCCOC)CC1. The van der Waals surface area contributed by atoms with Crippen LogP contribution in [-0.4, -0.2) is 57.4 Å². The van der Waals surface area contributed by atoms with Gasteiger partial charge in [0.05, 0.1) is 6.10 Å². The lowest BCUT2D eigenvalue weighted by atomic mass is 10.1. The number of nitrogens with zero attached hydrogens (tertiary/aromatic N) is 2. The summed E-state index contributed by atoms with van der Waals surface area (Å²) in [5, 5.41) is 3.37. The van der Waals surface area contributed by atoms with Crippen LogP contribution in [0.4, 0.5) is 4.39 Å². The van der Waals surface area contributed by atoms with Gasteiger partial charge in [0.15, 0.2) is 5.96 Å². The second-order valence-corrected chi connectivity index (χ2v) is 6.39. The van der Waals surface area contributed by atoms with Crippen LogP contribution in [-0.2, 0) is 16.0 Å². The molecule has 1 aliphatic heterocycles. The third-order valence-electron chi connectivity index (χ3n) is 4.47. The van der Waals surface area contributed by atoms with E-state index in [-0.39, 0.29) is 5.82 Å². The van der Waals surface area contributed by atoms with Crippen LogP contribution in [0.3, 0.4) is 0 Å². The first-order valence-electron chi connectivity index (χ1n) is 8.95. The van der Waals surface area contributed by atoms with E-state index in [4.69, 9.17) is 9.47 Å². The maximum absolute atomic E-state index is 13.4. The second-order valence-electron chi connectivity index (χ2n) is 6.39. The van der Waals surface area contributed by atoms with Crippen LogP contribution in [0, 0.1) is 12.7 Å². The van der Waals surface area contributed by atoms with Crippen molar-refractivity contribution in [1.82, 2.24) is 10.2 Å². The number of hydrogen-bond acceptors (Lipinski definition) is 3. The first-order chi connectivity index (χ1) is 12.1. The van der Waals surface area contributed by atoms with Crippen molar-refractivity contribution in [2.75, 3.05) is 40.5 Å². The van der Waals surface area contributed by atoms with Crippen molar-refractivity contribution in [2.24, 2.45) is 4.99 Å². The standard InChI is InChI=1S/C19H30FN3O2/c1-15-13-16(5-6-18(15)20)14-22-19(21-2)23-9-7-17(8-10-23)25-12-4-11-24-3/h5-6,13,17H,4,7-12,14H2,1-3H3,(H,21,22). The zero-order chi connectivity index (χ0) is 18.1. The molecule has 0 unspecified atom stereocenters. The Hall–Kier alpha value is -1.66. The average Bonchev–Trinajstić information content (AvgIpc) is 2.63. The number of benzene rings is 1. The maximum atomic E-state index is 13.4. The highest BCUT2D eigenvalue weighted by Crippen LogP contribution is 2.15. The van der Waals surface area contributed by atoms with Crippen LogP contribution in [0.2, 0.25) is 0 Å². The Kier molecular flexibility index (Phi) is 8.15. The minimum Gasteiger partial charge on any atom is -0.385 e. The molecule has 0 aromatic heterocycles. The fraction of sp³-hybridized carbons (Fsp3) is 0.632. The van der Waals surface area contributed by atoms with Crippen molar-refractivity contribution < 1.29 is 13.9 Å². The summed E-state index contributed by atoms with van der Waals surface area (Å²) in [6, 6.07) is 5.19. The number of ether oxygens (including phenoxy) is 2. The summed E-state index contributed by atoms with van der Waals surface area (Å²) in [6.07, 6.45) is 3.27. The molecule has 2 rings (SSSR count). The minimum atomic E-state index is -0.166. The molecule has 0 aliphatic carbocycles. The number of aryl methyl sites for hydroxylation is 1. The first kappa shape index (κ1) is 19.7. The normalized spacial score (nSPS) is 16.3. The molecular weight excluding hydrogens is 321 g/mol. The topological polar surface area (TPSA) is 46.1 Å². The fourth-order valence-corrected chi connectivity index (χ4v) is 3.02. The van der Waals surface area contributed by atoms with Gasteiger partial charge in [0, 0.05) is 47.0 Å². The van der Waals surface area contributed by atoms with Gasteiger partial charge in [0.1, 0.15) is 5.82 Å². The molecule has 1 fully saturated rings. The molecule has 1 saturated heterocycles. The molecule has 0 bridgehead atoms. The van der Waals surface area contributed by atoms with Crippen molar-refractivity contribution in [3.05, 3.63) is 35.1 Å². The molecule has 0 atom stereocenters. The molecule has 0 amide bonds. The molecule has 0 spiro atoms. The van der Waals surface area contributed by atoms with Crippen LogP contribution in [0.5, 0.6) is 0 Å². The van der Waals surface area contributed by atoms with Gasteiger partial charge in [-0.05, 0) is 43.4 Å². The fourth-order valence-electron chi connectivity index (χ4n) is 3.02. The molecule has 1 aromatic carbocycles. The Balaban J connectivity index is 1.75. The largest absolute Gasteiger partial charge is 0.385 e. The van der Waals surface area contributed by atoms with Crippen LogP contribution in [0.15, 0.2) is 23.2 Å². The Morgan fingerprint density at radius 3 is 2.72 bits per heavy atom. The van der Waals surface area contributed by atoms with Crippen molar-refractivity contribution in [3.63, 3.8) is 0 Å². The highest BCUT2D eigenvalue weighted by Gasteiger charge is 2.21. The van der Waals surface area contributed by atoms with E-state index in [0.717, 1.165) is 57.1 Å². The molecule has 140 valence electrons. The number of guanidine groups is 1. The van der Waals surface area contributed by atoms with Crippen LogP contribution >= 0.6 is 0 Å².